The Morgan fingerprint density at radius 1 is 1.16 bits per heavy atom. The molecule has 4 rings (SSSR count). The summed E-state index contributed by atoms with van der Waals surface area (Å²) in [6.07, 6.45) is 5.04. The number of nitrogens with one attached hydrogen (secondary N) is 1. The lowest BCUT2D eigenvalue weighted by molar-refractivity contribution is 0.126. The highest BCUT2D eigenvalue weighted by Crippen LogP contribution is 2.27. The molecule has 0 aliphatic heterocycles. The van der Waals surface area contributed by atoms with E-state index in [0.717, 1.165) is 36.6 Å². The lowest BCUT2D eigenvalue weighted by Gasteiger charge is -2.26. The predicted octanol–water partition coefficient (Wildman–Crippen LogP) is 2.54. The Morgan fingerprint density at radius 2 is 1.96 bits per heavy atom. The Bertz CT molecular complexity index is 871. The molecule has 7 nitrogen and oxygen atoms in total. The zero-order valence-corrected chi connectivity index (χ0v) is 14.1. The van der Waals surface area contributed by atoms with Crippen LogP contribution in [0.25, 0.3) is 16.7 Å². The van der Waals surface area contributed by atoms with Crippen LogP contribution in [-0.4, -0.2) is 44.1 Å². The molecule has 1 saturated carbocycles. The number of aliphatic hydroxyl groups is 1. The molecular formula is C18H21N5O2. The molecule has 0 amide bonds. The van der Waals surface area contributed by atoms with E-state index in [1.165, 1.54) is 0 Å². The first-order valence-corrected chi connectivity index (χ1v) is 8.54. The van der Waals surface area contributed by atoms with Crippen molar-refractivity contribution in [2.45, 2.75) is 37.8 Å². The highest BCUT2D eigenvalue weighted by Gasteiger charge is 2.20. The first-order valence-electron chi connectivity index (χ1n) is 8.54. The molecule has 0 saturated heterocycles. The van der Waals surface area contributed by atoms with Crippen molar-refractivity contribution in [1.82, 2.24) is 19.7 Å². The Kier molecular flexibility index (Phi) is 4.23. The number of hydrogen-bond acceptors (Lipinski definition) is 6. The molecule has 7 heteroatoms. The quantitative estimate of drug-likeness (QED) is 0.760. The number of methoxy groups -OCH3 is 1. The maximum absolute atomic E-state index is 9.63. The maximum atomic E-state index is 9.63. The molecule has 25 heavy (non-hydrogen) atoms. The number of anilines is 1. The van der Waals surface area contributed by atoms with Gasteiger partial charge in [-0.25, -0.2) is 9.67 Å². The van der Waals surface area contributed by atoms with Crippen molar-refractivity contribution in [2.75, 3.05) is 12.4 Å². The van der Waals surface area contributed by atoms with E-state index in [1.54, 1.807) is 18.0 Å². The Balaban J connectivity index is 1.64. The van der Waals surface area contributed by atoms with Crippen LogP contribution < -0.4 is 10.1 Å². The van der Waals surface area contributed by atoms with E-state index >= 15 is 0 Å². The third kappa shape index (κ3) is 3.15. The lowest BCUT2D eigenvalue weighted by atomic mass is 9.93. The monoisotopic (exact) mass is 339 g/mol. The summed E-state index contributed by atoms with van der Waals surface area (Å²) in [5.74, 6) is 1.84. The average molecular weight is 339 g/mol. The van der Waals surface area contributed by atoms with Gasteiger partial charge in [-0.15, -0.1) is 5.10 Å². The van der Waals surface area contributed by atoms with E-state index in [4.69, 9.17) is 4.74 Å². The van der Waals surface area contributed by atoms with E-state index in [1.807, 2.05) is 30.3 Å². The van der Waals surface area contributed by atoms with Gasteiger partial charge in [-0.2, -0.15) is 4.98 Å². The Morgan fingerprint density at radius 3 is 2.76 bits per heavy atom. The Labute approximate surface area is 145 Å². The van der Waals surface area contributed by atoms with E-state index in [-0.39, 0.29) is 6.10 Å². The fourth-order valence-corrected chi connectivity index (χ4v) is 3.30. The van der Waals surface area contributed by atoms with Crippen LogP contribution in [0.4, 0.5) is 5.95 Å². The van der Waals surface area contributed by atoms with Gasteiger partial charge < -0.3 is 15.2 Å². The van der Waals surface area contributed by atoms with Gasteiger partial charge in [0, 0.05) is 18.3 Å². The first kappa shape index (κ1) is 15.8. The van der Waals surface area contributed by atoms with Crippen molar-refractivity contribution in [3.63, 3.8) is 0 Å². The van der Waals surface area contributed by atoms with Gasteiger partial charge in [0.25, 0.3) is 0 Å². The van der Waals surface area contributed by atoms with Crippen molar-refractivity contribution in [3.05, 3.63) is 36.5 Å². The molecule has 0 unspecified atom stereocenters. The van der Waals surface area contributed by atoms with Crippen LogP contribution in [0, 0.1) is 0 Å². The number of hydrogen-bond donors (Lipinski definition) is 2. The van der Waals surface area contributed by atoms with Gasteiger partial charge in [-0.3, -0.25) is 0 Å². The fraction of sp³-hybridized carbons (Fsp3) is 0.389. The number of fused-ring (bicyclic) bond motifs is 1. The largest absolute Gasteiger partial charge is 0.479 e. The molecule has 2 aromatic heterocycles. The molecule has 1 aliphatic rings. The second-order valence-corrected chi connectivity index (χ2v) is 6.33. The minimum absolute atomic E-state index is 0.173. The van der Waals surface area contributed by atoms with Crippen LogP contribution >= 0.6 is 0 Å². The smallest absolute Gasteiger partial charge is 0.241 e. The summed E-state index contributed by atoms with van der Waals surface area (Å²) in [6.45, 7) is 0. The normalized spacial score (nSPS) is 20.6. The van der Waals surface area contributed by atoms with Gasteiger partial charge in [0.1, 0.15) is 0 Å². The number of aromatic nitrogens is 4. The highest BCUT2D eigenvalue weighted by atomic mass is 16.5. The molecule has 0 spiro atoms. The molecule has 2 N–H and O–H groups in total. The summed E-state index contributed by atoms with van der Waals surface area (Å²) in [5.41, 5.74) is 0.935. The first-order chi connectivity index (χ1) is 12.2. The van der Waals surface area contributed by atoms with Gasteiger partial charge in [-0.05, 0) is 37.8 Å². The van der Waals surface area contributed by atoms with Gasteiger partial charge in [0.15, 0.2) is 5.82 Å². The van der Waals surface area contributed by atoms with E-state index in [9.17, 15) is 5.11 Å². The third-order valence-electron chi connectivity index (χ3n) is 4.63. The molecule has 3 aromatic rings. The van der Waals surface area contributed by atoms with Crippen molar-refractivity contribution < 1.29 is 9.84 Å². The summed E-state index contributed by atoms with van der Waals surface area (Å²) < 4.78 is 7.15. The molecular weight excluding hydrogens is 318 g/mol. The van der Waals surface area contributed by atoms with Crippen LogP contribution in [0.1, 0.15) is 25.7 Å². The number of nitrogens with zero attached hydrogens (tertiary/aromatic N) is 4. The average Bonchev–Trinajstić information content (AvgIpc) is 3.03. The van der Waals surface area contributed by atoms with Crippen LogP contribution in [0.5, 0.6) is 5.88 Å². The number of ether oxygens (including phenoxy) is 1. The molecule has 0 bridgehead atoms. The minimum atomic E-state index is -0.173. The molecule has 1 fully saturated rings. The topological polar surface area (TPSA) is 85.1 Å². The molecule has 130 valence electrons. The number of benzene rings is 1. The maximum Gasteiger partial charge on any atom is 0.241 e. The second-order valence-electron chi connectivity index (χ2n) is 6.33. The van der Waals surface area contributed by atoms with E-state index in [0.29, 0.717) is 23.7 Å². The zero-order chi connectivity index (χ0) is 17.2. The predicted molar refractivity (Wildman–Crippen MR) is 95.1 cm³/mol. The summed E-state index contributed by atoms with van der Waals surface area (Å²) in [7, 11) is 1.61. The fourth-order valence-electron chi connectivity index (χ4n) is 3.30. The minimum Gasteiger partial charge on any atom is -0.479 e. The standard InChI is InChI=1S/C18H21N5O2/c1-25-17-14-4-2-3-5-15(14)23(22-17)16-10-11-19-18(21-16)20-12-6-8-13(24)9-7-12/h2-5,10-13,24H,6-9H2,1H3,(H,19,20,21). The van der Waals surface area contributed by atoms with Crippen LogP contribution in [0.15, 0.2) is 36.5 Å². The Hall–Kier alpha value is -2.67. The summed E-state index contributed by atoms with van der Waals surface area (Å²) in [5, 5.41) is 18.5. The molecule has 2 heterocycles. The molecule has 1 aliphatic carbocycles. The number of para-hydroxylation sites is 1. The van der Waals surface area contributed by atoms with Gasteiger partial charge in [0.2, 0.25) is 11.8 Å². The zero-order valence-electron chi connectivity index (χ0n) is 14.1. The van der Waals surface area contributed by atoms with E-state index < -0.39 is 0 Å². The molecule has 1 aromatic carbocycles. The number of aliphatic hydroxyl groups excluding tert-OH is 1. The van der Waals surface area contributed by atoms with Crippen LogP contribution in [-0.2, 0) is 0 Å². The number of rotatable bonds is 4. The van der Waals surface area contributed by atoms with Gasteiger partial charge in [-0.1, -0.05) is 12.1 Å². The van der Waals surface area contributed by atoms with Crippen LogP contribution in [0.3, 0.4) is 0 Å². The third-order valence-corrected chi connectivity index (χ3v) is 4.63. The van der Waals surface area contributed by atoms with Gasteiger partial charge in [0.05, 0.1) is 24.1 Å². The van der Waals surface area contributed by atoms with Crippen LogP contribution in [0.2, 0.25) is 0 Å². The summed E-state index contributed by atoms with van der Waals surface area (Å²) >= 11 is 0. The lowest BCUT2D eigenvalue weighted by Crippen LogP contribution is -2.29. The highest BCUT2D eigenvalue weighted by molar-refractivity contribution is 5.85. The van der Waals surface area contributed by atoms with Crippen molar-refractivity contribution in [3.8, 4) is 11.7 Å². The SMILES string of the molecule is COc1nn(-c2ccnc(NC3CCC(O)CC3)n2)c2ccccc12. The summed E-state index contributed by atoms with van der Waals surface area (Å²) in [4.78, 5) is 8.94. The van der Waals surface area contributed by atoms with Crippen molar-refractivity contribution >= 4 is 16.9 Å². The molecule has 0 atom stereocenters. The van der Waals surface area contributed by atoms with Crippen molar-refractivity contribution in [1.29, 1.82) is 0 Å². The molecule has 0 radical (unpaired) electrons. The van der Waals surface area contributed by atoms with E-state index in [2.05, 4.69) is 20.4 Å². The van der Waals surface area contributed by atoms with Gasteiger partial charge >= 0.3 is 0 Å². The van der Waals surface area contributed by atoms with Crippen molar-refractivity contribution in [2.24, 2.45) is 0 Å². The summed E-state index contributed by atoms with van der Waals surface area (Å²) in [6, 6.07) is 10.0. The second kappa shape index (κ2) is 6.68.